The molecule has 2 aromatic heterocycles. The average Bonchev–Trinajstić information content (AvgIpc) is 3.16. The van der Waals surface area contributed by atoms with Crippen LogP contribution < -0.4 is 10.6 Å². The molecule has 0 spiro atoms. The van der Waals surface area contributed by atoms with Crippen LogP contribution in [0.4, 0.5) is 5.13 Å². The SMILES string of the molecule is COCC(C)(C#N)NC(=O)Cc1csc(NC(=O)c2ccoc2C)n1. The fourth-order valence-corrected chi connectivity index (χ4v) is 2.84. The number of aromatic nitrogens is 1. The first-order valence-electron chi connectivity index (χ1n) is 7.38. The van der Waals surface area contributed by atoms with E-state index in [-0.39, 0.29) is 24.8 Å². The van der Waals surface area contributed by atoms with Gasteiger partial charge in [0.05, 0.1) is 36.6 Å². The van der Waals surface area contributed by atoms with Crippen molar-refractivity contribution in [2.45, 2.75) is 25.8 Å². The molecular formula is C16H18N4O4S. The molecule has 2 heterocycles. The van der Waals surface area contributed by atoms with Crippen LogP contribution in [0.25, 0.3) is 0 Å². The van der Waals surface area contributed by atoms with Gasteiger partial charge >= 0.3 is 0 Å². The van der Waals surface area contributed by atoms with Crippen LogP contribution >= 0.6 is 11.3 Å². The molecule has 132 valence electrons. The van der Waals surface area contributed by atoms with Crippen LogP contribution in [0.15, 0.2) is 22.1 Å². The first kappa shape index (κ1) is 18.6. The molecule has 9 heteroatoms. The Kier molecular flexibility index (Phi) is 5.90. The Bertz CT molecular complexity index is 807. The number of ether oxygens (including phenoxy) is 1. The van der Waals surface area contributed by atoms with Crippen molar-refractivity contribution in [2.24, 2.45) is 0 Å². The summed E-state index contributed by atoms with van der Waals surface area (Å²) in [4.78, 5) is 28.4. The van der Waals surface area contributed by atoms with Gasteiger partial charge in [-0.2, -0.15) is 5.26 Å². The van der Waals surface area contributed by atoms with E-state index in [0.717, 1.165) is 0 Å². The van der Waals surface area contributed by atoms with Gasteiger partial charge in [-0.1, -0.05) is 0 Å². The lowest BCUT2D eigenvalue weighted by molar-refractivity contribution is -0.122. The maximum Gasteiger partial charge on any atom is 0.260 e. The number of thiazole rings is 1. The van der Waals surface area contributed by atoms with Crippen LogP contribution in [-0.4, -0.2) is 36.1 Å². The largest absolute Gasteiger partial charge is 0.469 e. The summed E-state index contributed by atoms with van der Waals surface area (Å²) < 4.78 is 10.0. The van der Waals surface area contributed by atoms with E-state index in [4.69, 9.17) is 14.4 Å². The highest BCUT2D eigenvalue weighted by Crippen LogP contribution is 2.18. The van der Waals surface area contributed by atoms with Crippen molar-refractivity contribution in [3.8, 4) is 6.07 Å². The van der Waals surface area contributed by atoms with Gasteiger partial charge in [0.25, 0.3) is 5.91 Å². The summed E-state index contributed by atoms with van der Waals surface area (Å²) in [7, 11) is 1.46. The van der Waals surface area contributed by atoms with E-state index >= 15 is 0 Å². The fourth-order valence-electron chi connectivity index (χ4n) is 2.13. The lowest BCUT2D eigenvalue weighted by Gasteiger charge is -2.21. The summed E-state index contributed by atoms with van der Waals surface area (Å²) in [6.07, 6.45) is 1.44. The molecule has 0 aromatic carbocycles. The van der Waals surface area contributed by atoms with Crippen LogP contribution in [0.5, 0.6) is 0 Å². The molecule has 8 nitrogen and oxygen atoms in total. The van der Waals surface area contributed by atoms with Crippen LogP contribution in [0, 0.1) is 18.3 Å². The van der Waals surface area contributed by atoms with Gasteiger partial charge in [0.15, 0.2) is 5.13 Å². The van der Waals surface area contributed by atoms with Gasteiger partial charge in [-0.15, -0.1) is 11.3 Å². The van der Waals surface area contributed by atoms with Gasteiger partial charge in [0, 0.05) is 12.5 Å². The fraction of sp³-hybridized carbons (Fsp3) is 0.375. The molecular weight excluding hydrogens is 344 g/mol. The summed E-state index contributed by atoms with van der Waals surface area (Å²) in [5, 5.41) is 16.5. The Morgan fingerprint density at radius 1 is 1.52 bits per heavy atom. The van der Waals surface area contributed by atoms with Crippen LogP contribution in [0.3, 0.4) is 0 Å². The third-order valence-electron chi connectivity index (χ3n) is 3.31. The molecule has 0 radical (unpaired) electrons. The number of carbonyl (C=O) groups excluding carboxylic acids is 2. The predicted octanol–water partition coefficient (Wildman–Crippen LogP) is 1.88. The van der Waals surface area contributed by atoms with Crippen molar-refractivity contribution in [3.05, 3.63) is 34.7 Å². The van der Waals surface area contributed by atoms with Crippen molar-refractivity contribution in [1.29, 1.82) is 5.26 Å². The van der Waals surface area contributed by atoms with Crippen LogP contribution in [0.1, 0.15) is 28.7 Å². The molecule has 0 saturated carbocycles. The monoisotopic (exact) mass is 362 g/mol. The summed E-state index contributed by atoms with van der Waals surface area (Å²) in [5.41, 5.74) is -0.171. The number of nitrogens with one attached hydrogen (secondary N) is 2. The number of furan rings is 1. The minimum absolute atomic E-state index is 0.00189. The van der Waals surface area contributed by atoms with E-state index < -0.39 is 5.54 Å². The normalized spacial score (nSPS) is 12.9. The Morgan fingerprint density at radius 2 is 2.28 bits per heavy atom. The van der Waals surface area contributed by atoms with Crippen molar-refractivity contribution < 1.29 is 18.7 Å². The zero-order valence-electron chi connectivity index (χ0n) is 14.1. The summed E-state index contributed by atoms with van der Waals surface area (Å²) in [5.74, 6) is -0.161. The van der Waals surface area contributed by atoms with Crippen molar-refractivity contribution >= 4 is 28.3 Å². The Balaban J connectivity index is 1.95. The molecule has 2 rings (SSSR count). The lowest BCUT2D eigenvalue weighted by atomic mass is 10.1. The van der Waals surface area contributed by atoms with Crippen molar-refractivity contribution in [2.75, 3.05) is 19.0 Å². The predicted molar refractivity (Wildman–Crippen MR) is 91.3 cm³/mol. The number of methoxy groups -OCH3 is 1. The van der Waals surface area contributed by atoms with E-state index in [1.807, 2.05) is 6.07 Å². The van der Waals surface area contributed by atoms with Gasteiger partial charge in [-0.05, 0) is 19.9 Å². The Morgan fingerprint density at radius 3 is 2.88 bits per heavy atom. The number of carbonyl (C=O) groups is 2. The number of anilines is 1. The van der Waals surface area contributed by atoms with Crippen LogP contribution in [0.2, 0.25) is 0 Å². The van der Waals surface area contributed by atoms with Gasteiger partial charge in [-0.25, -0.2) is 4.98 Å². The first-order valence-corrected chi connectivity index (χ1v) is 8.26. The second-order valence-corrected chi connectivity index (χ2v) is 6.45. The highest BCUT2D eigenvalue weighted by molar-refractivity contribution is 7.14. The van der Waals surface area contributed by atoms with Crippen LogP contribution in [-0.2, 0) is 16.0 Å². The third kappa shape index (κ3) is 4.89. The topological polar surface area (TPSA) is 117 Å². The number of nitrogens with zero attached hydrogens (tertiary/aromatic N) is 2. The summed E-state index contributed by atoms with van der Waals surface area (Å²) in [6, 6.07) is 3.58. The Hall–Kier alpha value is -2.70. The number of hydrogen-bond acceptors (Lipinski definition) is 7. The number of amides is 2. The first-order chi connectivity index (χ1) is 11.9. The number of nitriles is 1. The van der Waals surface area contributed by atoms with Crippen molar-refractivity contribution in [3.63, 3.8) is 0 Å². The summed E-state index contributed by atoms with van der Waals surface area (Å²) >= 11 is 1.21. The maximum absolute atomic E-state index is 12.1. The minimum Gasteiger partial charge on any atom is -0.469 e. The molecule has 25 heavy (non-hydrogen) atoms. The zero-order valence-corrected chi connectivity index (χ0v) is 14.9. The molecule has 2 amide bonds. The zero-order chi connectivity index (χ0) is 18.4. The number of aryl methyl sites for hydroxylation is 1. The second-order valence-electron chi connectivity index (χ2n) is 5.59. The van der Waals surface area contributed by atoms with Gasteiger partial charge < -0.3 is 14.5 Å². The van der Waals surface area contributed by atoms with Gasteiger partial charge in [0.1, 0.15) is 11.3 Å². The van der Waals surface area contributed by atoms with Gasteiger partial charge in [-0.3, -0.25) is 14.9 Å². The van der Waals surface area contributed by atoms with E-state index in [0.29, 0.717) is 22.1 Å². The van der Waals surface area contributed by atoms with E-state index in [2.05, 4.69) is 15.6 Å². The molecule has 0 aliphatic heterocycles. The minimum atomic E-state index is -1.10. The molecule has 2 aromatic rings. The maximum atomic E-state index is 12.1. The molecule has 2 N–H and O–H groups in total. The van der Waals surface area contributed by atoms with E-state index in [1.165, 1.54) is 24.7 Å². The quantitative estimate of drug-likeness (QED) is 0.776. The molecule has 0 bridgehead atoms. The highest BCUT2D eigenvalue weighted by Gasteiger charge is 2.26. The second kappa shape index (κ2) is 7.92. The smallest absolute Gasteiger partial charge is 0.260 e. The third-order valence-corrected chi connectivity index (χ3v) is 4.12. The average molecular weight is 362 g/mol. The standard InChI is InChI=1S/C16H18N4O4S/c1-10-12(4-5-24-10)14(22)19-15-18-11(7-25-15)6-13(21)20-16(2,8-17)9-23-3/h4-5,7H,6,9H2,1-3H3,(H,20,21)(H,18,19,22). The van der Waals surface area contributed by atoms with E-state index in [9.17, 15) is 9.59 Å². The number of hydrogen-bond donors (Lipinski definition) is 2. The van der Waals surface area contributed by atoms with Crippen molar-refractivity contribution in [1.82, 2.24) is 10.3 Å². The molecule has 0 aliphatic carbocycles. The van der Waals surface area contributed by atoms with Gasteiger partial charge in [0.2, 0.25) is 5.91 Å². The highest BCUT2D eigenvalue weighted by atomic mass is 32.1. The molecule has 1 atom stereocenters. The number of rotatable bonds is 7. The lowest BCUT2D eigenvalue weighted by Crippen LogP contribution is -2.48. The summed E-state index contributed by atoms with van der Waals surface area (Å²) in [6.45, 7) is 3.35. The molecule has 0 aliphatic rings. The molecule has 0 saturated heterocycles. The Labute approximate surface area is 148 Å². The molecule has 0 fully saturated rings. The van der Waals surface area contributed by atoms with E-state index in [1.54, 1.807) is 25.3 Å². The molecule has 1 unspecified atom stereocenters.